The minimum absolute atomic E-state index is 0.322. The van der Waals surface area contributed by atoms with E-state index >= 15 is 0 Å². The third-order valence-electron chi connectivity index (χ3n) is 4.25. The molecule has 0 saturated heterocycles. The maximum Gasteiger partial charge on any atom is 0.0945 e. The Hall–Kier alpha value is -0.580. The number of rotatable bonds is 6. The summed E-state index contributed by atoms with van der Waals surface area (Å²) < 4.78 is 6.97. The van der Waals surface area contributed by atoms with Crippen LogP contribution in [0, 0.1) is 12.8 Å². The zero-order valence-corrected chi connectivity index (χ0v) is 14.5. The predicted molar refractivity (Wildman–Crippen MR) is 90.7 cm³/mol. The highest BCUT2D eigenvalue weighted by atomic mass is 79.9. The van der Waals surface area contributed by atoms with E-state index in [9.17, 15) is 5.11 Å². The Morgan fingerprint density at radius 1 is 1.38 bits per heavy atom. The summed E-state index contributed by atoms with van der Waals surface area (Å²) in [4.78, 5) is 0. The van der Waals surface area contributed by atoms with Crippen molar-refractivity contribution in [3.63, 3.8) is 0 Å². The van der Waals surface area contributed by atoms with Crippen molar-refractivity contribution in [3.8, 4) is 0 Å². The maximum absolute atomic E-state index is 10.1. The highest BCUT2D eigenvalue weighted by molar-refractivity contribution is 9.10. The van der Waals surface area contributed by atoms with Crippen LogP contribution in [0.1, 0.15) is 38.2 Å². The van der Waals surface area contributed by atoms with Gasteiger partial charge >= 0.3 is 0 Å². The van der Waals surface area contributed by atoms with Crippen LogP contribution in [-0.4, -0.2) is 30.5 Å². The van der Waals surface area contributed by atoms with Gasteiger partial charge in [0.2, 0.25) is 0 Å². The van der Waals surface area contributed by atoms with Crippen molar-refractivity contribution in [2.24, 2.45) is 5.92 Å². The monoisotopic (exact) mass is 355 g/mol. The van der Waals surface area contributed by atoms with Crippen LogP contribution in [0.5, 0.6) is 0 Å². The Morgan fingerprint density at radius 3 is 2.86 bits per heavy atom. The lowest BCUT2D eigenvalue weighted by molar-refractivity contribution is -0.0424. The average molecular weight is 356 g/mol. The van der Waals surface area contributed by atoms with Gasteiger partial charge in [-0.2, -0.15) is 0 Å². The van der Waals surface area contributed by atoms with Crippen molar-refractivity contribution >= 4 is 21.6 Å². The molecule has 1 aromatic rings. The number of aryl methyl sites for hydroxylation is 1. The normalized spacial score (nSPS) is 23.8. The summed E-state index contributed by atoms with van der Waals surface area (Å²) in [6, 6.07) is 6.09. The zero-order valence-electron chi connectivity index (χ0n) is 12.9. The lowest BCUT2D eigenvalue weighted by Gasteiger charge is -2.29. The molecule has 3 unspecified atom stereocenters. The lowest BCUT2D eigenvalue weighted by atomic mass is 9.88. The molecule has 0 amide bonds. The number of ether oxygens (including phenoxy) is 1. The molecule has 0 aromatic heterocycles. The molecule has 0 bridgehead atoms. The number of benzene rings is 1. The summed E-state index contributed by atoms with van der Waals surface area (Å²) in [5.41, 5.74) is 2.22. The number of hydrogen-bond donors (Lipinski definition) is 2. The Morgan fingerprint density at radius 2 is 2.14 bits per heavy atom. The van der Waals surface area contributed by atoms with Crippen LogP contribution in [0.4, 0.5) is 5.69 Å². The number of anilines is 1. The van der Waals surface area contributed by atoms with Gasteiger partial charge in [-0.05, 0) is 49.4 Å². The molecule has 2 rings (SSSR count). The van der Waals surface area contributed by atoms with E-state index in [1.54, 1.807) is 0 Å². The van der Waals surface area contributed by atoms with Crippen molar-refractivity contribution < 1.29 is 9.84 Å². The molecule has 118 valence electrons. The minimum Gasteiger partial charge on any atom is -0.389 e. The molecule has 1 aliphatic rings. The number of aliphatic hydroxyl groups is 1. The van der Waals surface area contributed by atoms with Crippen LogP contribution in [0.2, 0.25) is 0 Å². The first-order valence-electron chi connectivity index (χ1n) is 7.86. The van der Waals surface area contributed by atoms with Gasteiger partial charge in [0.15, 0.2) is 0 Å². The Kier molecular flexibility index (Phi) is 6.52. The van der Waals surface area contributed by atoms with Crippen LogP contribution >= 0.6 is 15.9 Å². The predicted octanol–water partition coefficient (Wildman–Crippen LogP) is 4.13. The molecule has 0 aliphatic heterocycles. The number of hydrogen-bond acceptors (Lipinski definition) is 3. The summed E-state index contributed by atoms with van der Waals surface area (Å²) in [5.74, 6) is 0.618. The van der Waals surface area contributed by atoms with Gasteiger partial charge in [0.05, 0.1) is 18.8 Å². The first-order valence-corrected chi connectivity index (χ1v) is 8.65. The Labute approximate surface area is 136 Å². The van der Waals surface area contributed by atoms with Crippen LogP contribution < -0.4 is 5.32 Å². The maximum atomic E-state index is 10.1. The molecule has 1 fully saturated rings. The van der Waals surface area contributed by atoms with E-state index in [0.717, 1.165) is 16.6 Å². The zero-order chi connectivity index (χ0) is 15.2. The van der Waals surface area contributed by atoms with Gasteiger partial charge < -0.3 is 15.2 Å². The van der Waals surface area contributed by atoms with E-state index in [4.69, 9.17) is 4.74 Å². The van der Waals surface area contributed by atoms with Crippen LogP contribution in [0.3, 0.4) is 0 Å². The highest BCUT2D eigenvalue weighted by Crippen LogP contribution is 2.26. The number of halogens is 1. The number of aliphatic hydroxyl groups excluding tert-OH is 1. The molecule has 0 spiro atoms. The van der Waals surface area contributed by atoms with Gasteiger partial charge in [-0.25, -0.2) is 0 Å². The number of nitrogens with one attached hydrogen (secondary N) is 1. The fourth-order valence-electron chi connectivity index (χ4n) is 2.88. The van der Waals surface area contributed by atoms with E-state index < -0.39 is 6.10 Å². The van der Waals surface area contributed by atoms with E-state index in [-0.39, 0.29) is 0 Å². The molecule has 2 N–H and O–H groups in total. The molecule has 1 saturated carbocycles. The van der Waals surface area contributed by atoms with Gasteiger partial charge in [-0.15, -0.1) is 0 Å². The summed E-state index contributed by atoms with van der Waals surface area (Å²) in [6.45, 7) is 5.24. The summed E-state index contributed by atoms with van der Waals surface area (Å²) in [6.07, 6.45) is 4.80. The second-order valence-corrected chi connectivity index (χ2v) is 7.04. The minimum atomic E-state index is -0.470. The standard InChI is InChI=1S/C17H26BrNO2/c1-12-5-3-4-6-17(12)21-11-15(20)10-19-16-8-7-14(18)9-13(16)2/h7-9,12,15,17,19-20H,3-6,10-11H2,1-2H3. The van der Waals surface area contributed by atoms with Gasteiger partial charge in [0, 0.05) is 16.7 Å². The third kappa shape index (κ3) is 5.28. The molecule has 3 nitrogen and oxygen atoms in total. The summed E-state index contributed by atoms with van der Waals surface area (Å²) in [5, 5.41) is 13.4. The van der Waals surface area contributed by atoms with E-state index in [0.29, 0.717) is 25.2 Å². The SMILES string of the molecule is Cc1cc(Br)ccc1NCC(O)COC1CCCCC1C. The third-order valence-corrected chi connectivity index (χ3v) is 4.75. The van der Waals surface area contributed by atoms with Gasteiger partial charge in [0.1, 0.15) is 0 Å². The van der Waals surface area contributed by atoms with Gasteiger partial charge in [0.25, 0.3) is 0 Å². The van der Waals surface area contributed by atoms with Crippen molar-refractivity contribution in [2.45, 2.75) is 51.7 Å². The molecule has 0 radical (unpaired) electrons. The molecule has 21 heavy (non-hydrogen) atoms. The van der Waals surface area contributed by atoms with E-state index in [1.165, 1.54) is 24.8 Å². The van der Waals surface area contributed by atoms with Gasteiger partial charge in [-0.1, -0.05) is 35.7 Å². The Balaban J connectivity index is 1.73. The molecular formula is C17H26BrNO2. The molecule has 3 atom stereocenters. The second kappa shape index (κ2) is 8.16. The average Bonchev–Trinajstić information content (AvgIpc) is 2.45. The van der Waals surface area contributed by atoms with Gasteiger partial charge in [-0.3, -0.25) is 0 Å². The fraction of sp³-hybridized carbons (Fsp3) is 0.647. The van der Waals surface area contributed by atoms with Crippen molar-refractivity contribution in [1.29, 1.82) is 0 Å². The first-order chi connectivity index (χ1) is 10.1. The largest absolute Gasteiger partial charge is 0.389 e. The summed E-state index contributed by atoms with van der Waals surface area (Å²) >= 11 is 3.45. The van der Waals surface area contributed by atoms with Crippen LogP contribution in [0.15, 0.2) is 22.7 Å². The molecule has 1 aliphatic carbocycles. The summed E-state index contributed by atoms with van der Waals surface area (Å²) in [7, 11) is 0. The van der Waals surface area contributed by atoms with Crippen molar-refractivity contribution in [3.05, 3.63) is 28.2 Å². The van der Waals surface area contributed by atoms with Crippen molar-refractivity contribution in [1.82, 2.24) is 0 Å². The van der Waals surface area contributed by atoms with E-state index in [1.807, 2.05) is 12.1 Å². The van der Waals surface area contributed by atoms with Crippen LogP contribution in [0.25, 0.3) is 0 Å². The molecule has 1 aromatic carbocycles. The first kappa shape index (κ1) is 16.8. The topological polar surface area (TPSA) is 41.5 Å². The van der Waals surface area contributed by atoms with Crippen molar-refractivity contribution in [2.75, 3.05) is 18.5 Å². The molecule has 4 heteroatoms. The van der Waals surface area contributed by atoms with E-state index in [2.05, 4.69) is 41.2 Å². The van der Waals surface area contributed by atoms with Crippen LogP contribution in [-0.2, 0) is 4.74 Å². The Bertz CT molecular complexity index is 452. The lowest BCUT2D eigenvalue weighted by Crippen LogP contribution is -2.32. The highest BCUT2D eigenvalue weighted by Gasteiger charge is 2.22. The smallest absolute Gasteiger partial charge is 0.0945 e. The quantitative estimate of drug-likeness (QED) is 0.806. The fourth-order valence-corrected chi connectivity index (χ4v) is 3.35. The second-order valence-electron chi connectivity index (χ2n) is 6.13. The molecule has 0 heterocycles. The molecular weight excluding hydrogens is 330 g/mol.